The van der Waals surface area contributed by atoms with Gasteiger partial charge in [-0.3, -0.25) is 0 Å². The van der Waals surface area contributed by atoms with Crippen molar-refractivity contribution in [1.29, 1.82) is 0 Å². The molecule has 2 N–H and O–H groups in total. The predicted octanol–water partition coefficient (Wildman–Crippen LogP) is 3.12. The molecule has 1 aliphatic heterocycles. The Morgan fingerprint density at radius 3 is 2.43 bits per heavy atom. The van der Waals surface area contributed by atoms with E-state index in [9.17, 15) is 4.57 Å². The van der Waals surface area contributed by atoms with Crippen molar-refractivity contribution in [2.45, 2.75) is 19.3 Å². The third kappa shape index (κ3) is 4.72. The molecule has 0 aromatic heterocycles. The number of aliphatic hydroxyl groups excluding tert-OH is 1. The third-order valence-corrected chi connectivity index (χ3v) is 4.38. The minimum absolute atomic E-state index is 0.494. The van der Waals surface area contributed by atoms with E-state index < -0.39 is 8.25 Å². The molecule has 23 heavy (non-hydrogen) atoms. The number of hydrogen-bond acceptors (Lipinski definition) is 4. The molecule has 6 heteroatoms. The minimum Gasteiger partial charge on any atom is -0.400 e. The second-order valence-electron chi connectivity index (χ2n) is 5.40. The van der Waals surface area contributed by atoms with Crippen LogP contribution in [0.15, 0.2) is 36.4 Å². The summed E-state index contributed by atoms with van der Waals surface area (Å²) in [5, 5.41) is 9.00. The van der Waals surface area contributed by atoms with Gasteiger partial charge in [-0.05, 0) is 49.4 Å². The van der Waals surface area contributed by atoms with Gasteiger partial charge in [0.2, 0.25) is 0 Å². The van der Waals surface area contributed by atoms with E-state index in [2.05, 4.69) is 11.0 Å². The Morgan fingerprint density at radius 1 is 1.13 bits per heavy atom. The van der Waals surface area contributed by atoms with E-state index in [4.69, 9.17) is 14.5 Å². The Balaban J connectivity index is 0.000000924. The second-order valence-corrected chi connectivity index (χ2v) is 6.06. The monoisotopic (exact) mass is 336 g/mol. The fourth-order valence-corrected chi connectivity index (χ4v) is 3.36. The molecular formula is C17H23NO4P+. The largest absolute Gasteiger partial charge is 0.747 e. The Morgan fingerprint density at radius 2 is 1.78 bits per heavy atom. The highest BCUT2D eigenvalue weighted by molar-refractivity contribution is 7.32. The third-order valence-electron chi connectivity index (χ3n) is 4.03. The van der Waals surface area contributed by atoms with Crippen LogP contribution < -0.4 is 4.52 Å². The molecule has 0 amide bonds. The summed E-state index contributed by atoms with van der Waals surface area (Å²) in [7, 11) is -1.64. The van der Waals surface area contributed by atoms with Gasteiger partial charge in [0.15, 0.2) is 5.75 Å². The van der Waals surface area contributed by atoms with Gasteiger partial charge in [-0.1, -0.05) is 30.3 Å². The molecule has 2 aromatic rings. The Hall–Kier alpha value is -1.52. The Labute approximate surface area is 137 Å². The molecule has 1 unspecified atom stereocenters. The minimum atomic E-state index is -2.64. The van der Waals surface area contributed by atoms with Crippen LogP contribution in [0.25, 0.3) is 10.8 Å². The molecule has 1 atom stereocenters. The quantitative estimate of drug-likeness (QED) is 0.821. The molecule has 0 bridgehead atoms. The van der Waals surface area contributed by atoms with E-state index in [1.165, 1.54) is 31.5 Å². The van der Waals surface area contributed by atoms with Gasteiger partial charge >= 0.3 is 8.25 Å². The van der Waals surface area contributed by atoms with Gasteiger partial charge < -0.3 is 10.0 Å². The lowest BCUT2D eigenvalue weighted by atomic mass is 10.0. The molecule has 0 saturated carbocycles. The molecule has 3 rings (SSSR count). The van der Waals surface area contributed by atoms with Gasteiger partial charge in [-0.15, -0.1) is 4.89 Å². The Kier molecular flexibility index (Phi) is 6.93. The van der Waals surface area contributed by atoms with Gasteiger partial charge in [0.05, 0.1) is 0 Å². The van der Waals surface area contributed by atoms with Crippen LogP contribution >= 0.6 is 8.25 Å². The number of fused-ring (bicyclic) bond motifs is 1. The van der Waals surface area contributed by atoms with Crippen LogP contribution in [0.2, 0.25) is 0 Å². The summed E-state index contributed by atoms with van der Waals surface area (Å²) < 4.78 is 16.1. The van der Waals surface area contributed by atoms with Crippen LogP contribution in [0.3, 0.4) is 0 Å². The fourth-order valence-electron chi connectivity index (χ4n) is 3.04. The normalized spacial score (nSPS) is 15.2. The van der Waals surface area contributed by atoms with E-state index in [1.807, 2.05) is 24.3 Å². The van der Waals surface area contributed by atoms with Gasteiger partial charge in [0.1, 0.15) is 0 Å². The van der Waals surface area contributed by atoms with Crippen molar-refractivity contribution in [1.82, 2.24) is 4.90 Å². The van der Waals surface area contributed by atoms with Crippen molar-refractivity contribution in [3.63, 3.8) is 0 Å². The maximum Gasteiger partial charge on any atom is 0.747 e. The maximum absolute atomic E-state index is 11.0. The highest BCUT2D eigenvalue weighted by Gasteiger charge is 2.19. The summed E-state index contributed by atoms with van der Waals surface area (Å²) in [6.07, 6.45) is 3.50. The summed E-state index contributed by atoms with van der Waals surface area (Å²) in [5.41, 5.74) is 1.17. The standard InChI is InChI=1S/C16H18NO3P.CH4O/c18-21(19)20-15-8-4-7-13-5-3-6-14(16(13)15)9-12-17-10-1-2-11-17;1-2/h3-8H,1-2,9-12H2;2H,1H3/p+1. The number of nitrogens with zero attached hydrogens (tertiary/aromatic N) is 1. The summed E-state index contributed by atoms with van der Waals surface area (Å²) >= 11 is 0. The predicted molar refractivity (Wildman–Crippen MR) is 91.9 cm³/mol. The molecule has 0 spiro atoms. The average Bonchev–Trinajstić information content (AvgIpc) is 3.08. The zero-order chi connectivity index (χ0) is 16.7. The maximum atomic E-state index is 11.0. The number of rotatable bonds is 5. The van der Waals surface area contributed by atoms with Gasteiger partial charge in [-0.2, -0.15) is 0 Å². The first-order valence-corrected chi connectivity index (χ1v) is 8.89. The van der Waals surface area contributed by atoms with Crippen molar-refractivity contribution in [2.24, 2.45) is 0 Å². The van der Waals surface area contributed by atoms with Crippen molar-refractivity contribution in [3.8, 4) is 5.75 Å². The highest BCUT2D eigenvalue weighted by Crippen LogP contribution is 2.34. The molecule has 1 fully saturated rings. The molecule has 1 saturated heterocycles. The Bertz CT molecular complexity index is 651. The average molecular weight is 336 g/mol. The van der Waals surface area contributed by atoms with Gasteiger partial charge in [0.25, 0.3) is 0 Å². The van der Waals surface area contributed by atoms with E-state index in [0.29, 0.717) is 5.75 Å². The topological polar surface area (TPSA) is 70.0 Å². The van der Waals surface area contributed by atoms with Crippen molar-refractivity contribution in [2.75, 3.05) is 26.7 Å². The smallest absolute Gasteiger partial charge is 0.400 e. The first kappa shape index (κ1) is 17.8. The first-order valence-electron chi connectivity index (χ1n) is 7.76. The lowest BCUT2D eigenvalue weighted by molar-refractivity contribution is 0.344. The SMILES string of the molecule is CO.O=[P+](O)Oc1cccc2cccc(CCN3CCCC3)c12. The molecule has 1 aliphatic rings. The van der Waals surface area contributed by atoms with E-state index >= 15 is 0 Å². The van der Waals surface area contributed by atoms with Crippen LogP contribution in [0.5, 0.6) is 5.75 Å². The molecule has 0 radical (unpaired) electrons. The van der Waals surface area contributed by atoms with Gasteiger partial charge in [0, 0.05) is 23.6 Å². The summed E-state index contributed by atoms with van der Waals surface area (Å²) in [6, 6.07) is 11.7. The fraction of sp³-hybridized carbons (Fsp3) is 0.412. The number of hydrogen-bond donors (Lipinski definition) is 2. The lowest BCUT2D eigenvalue weighted by Gasteiger charge is -2.15. The summed E-state index contributed by atoms with van der Waals surface area (Å²) in [5.74, 6) is 0.494. The van der Waals surface area contributed by atoms with E-state index in [1.54, 1.807) is 6.07 Å². The molecule has 1 heterocycles. The van der Waals surface area contributed by atoms with Crippen molar-refractivity contribution >= 4 is 19.0 Å². The van der Waals surface area contributed by atoms with Crippen LogP contribution in [0.1, 0.15) is 18.4 Å². The summed E-state index contributed by atoms with van der Waals surface area (Å²) in [6.45, 7) is 3.38. The van der Waals surface area contributed by atoms with E-state index in [0.717, 1.165) is 30.8 Å². The number of likely N-dealkylation sites (tertiary alicyclic amines) is 1. The molecule has 5 nitrogen and oxygen atoms in total. The zero-order valence-corrected chi connectivity index (χ0v) is 14.2. The van der Waals surface area contributed by atoms with Crippen LogP contribution in [-0.2, 0) is 11.0 Å². The number of aliphatic hydroxyl groups is 1. The molecule has 0 aliphatic carbocycles. The molecule has 2 aromatic carbocycles. The van der Waals surface area contributed by atoms with Crippen LogP contribution in [0, 0.1) is 0 Å². The van der Waals surface area contributed by atoms with Gasteiger partial charge in [-0.25, -0.2) is 4.52 Å². The first-order chi connectivity index (χ1) is 11.2. The summed E-state index contributed by atoms with van der Waals surface area (Å²) in [4.78, 5) is 11.5. The van der Waals surface area contributed by atoms with E-state index in [-0.39, 0.29) is 0 Å². The lowest BCUT2D eigenvalue weighted by Crippen LogP contribution is -2.22. The second kappa shape index (κ2) is 8.94. The number of benzene rings is 2. The van der Waals surface area contributed by atoms with Crippen LogP contribution in [0.4, 0.5) is 0 Å². The van der Waals surface area contributed by atoms with Crippen LogP contribution in [-0.4, -0.2) is 41.6 Å². The van der Waals surface area contributed by atoms with Crippen molar-refractivity contribution in [3.05, 3.63) is 42.0 Å². The molecule has 124 valence electrons. The molecular weight excluding hydrogens is 313 g/mol. The highest BCUT2D eigenvalue weighted by atomic mass is 31.1. The van der Waals surface area contributed by atoms with Crippen molar-refractivity contribution < 1.29 is 19.1 Å². The zero-order valence-electron chi connectivity index (χ0n) is 13.3.